The Kier molecular flexibility index (Phi) is 4.90. The summed E-state index contributed by atoms with van der Waals surface area (Å²) in [5.41, 5.74) is 0.655. The van der Waals surface area contributed by atoms with Crippen LogP contribution >= 0.6 is 0 Å². The molecule has 2 heteroatoms. The van der Waals surface area contributed by atoms with Crippen LogP contribution in [0, 0.1) is 5.41 Å². The molecule has 0 aliphatic heterocycles. The molecular weight excluding hydrogens is 172 g/mol. The largest absolute Gasteiger partial charge is 0.318 e. The van der Waals surface area contributed by atoms with Crippen molar-refractivity contribution in [3.8, 4) is 0 Å². The maximum Gasteiger partial charge on any atom is 0.0104 e. The van der Waals surface area contributed by atoms with Crippen LogP contribution in [0.3, 0.4) is 0 Å². The van der Waals surface area contributed by atoms with E-state index in [1.54, 1.807) is 0 Å². The van der Waals surface area contributed by atoms with E-state index >= 15 is 0 Å². The summed E-state index contributed by atoms with van der Waals surface area (Å²) in [5, 5.41) is 3.21. The minimum Gasteiger partial charge on any atom is -0.318 e. The Morgan fingerprint density at radius 3 is 2.43 bits per heavy atom. The van der Waals surface area contributed by atoms with Crippen molar-refractivity contribution < 1.29 is 0 Å². The maximum atomic E-state index is 3.21. The van der Waals surface area contributed by atoms with Crippen molar-refractivity contribution in [3.05, 3.63) is 0 Å². The molecule has 0 heterocycles. The zero-order valence-electron chi connectivity index (χ0n) is 10.1. The third-order valence-corrected chi connectivity index (χ3v) is 3.76. The fourth-order valence-electron chi connectivity index (χ4n) is 2.70. The van der Waals surface area contributed by atoms with Crippen molar-refractivity contribution in [1.82, 2.24) is 10.2 Å². The van der Waals surface area contributed by atoms with Crippen LogP contribution in [0.4, 0.5) is 0 Å². The summed E-state index contributed by atoms with van der Waals surface area (Å²) in [6.45, 7) is 5.94. The van der Waals surface area contributed by atoms with E-state index < -0.39 is 0 Å². The zero-order chi connectivity index (χ0) is 10.4. The minimum atomic E-state index is 0.655. The van der Waals surface area contributed by atoms with Crippen LogP contribution in [0.2, 0.25) is 0 Å². The minimum absolute atomic E-state index is 0.655. The second kappa shape index (κ2) is 5.72. The van der Waals surface area contributed by atoms with E-state index in [2.05, 4.69) is 24.2 Å². The van der Waals surface area contributed by atoms with Gasteiger partial charge in [0.05, 0.1) is 0 Å². The summed E-state index contributed by atoms with van der Waals surface area (Å²) in [5.74, 6) is 0. The first-order valence-corrected chi connectivity index (χ1v) is 6.05. The molecule has 1 rings (SSSR count). The first-order chi connectivity index (χ1) is 6.72. The molecule has 0 aromatic rings. The molecular formula is C12H26N2. The van der Waals surface area contributed by atoms with Gasteiger partial charge in [0.15, 0.2) is 0 Å². The molecule has 0 unspecified atom stereocenters. The van der Waals surface area contributed by atoms with Gasteiger partial charge in [-0.2, -0.15) is 0 Å². The van der Waals surface area contributed by atoms with Crippen LogP contribution in [-0.2, 0) is 0 Å². The van der Waals surface area contributed by atoms with Crippen LogP contribution < -0.4 is 5.32 Å². The van der Waals surface area contributed by atoms with Gasteiger partial charge in [0.25, 0.3) is 0 Å². The molecule has 1 saturated carbocycles. The molecule has 0 spiro atoms. The molecule has 0 atom stereocenters. The van der Waals surface area contributed by atoms with Crippen LogP contribution in [0.1, 0.15) is 39.0 Å². The van der Waals surface area contributed by atoms with Gasteiger partial charge in [0.2, 0.25) is 0 Å². The van der Waals surface area contributed by atoms with Gasteiger partial charge in [0, 0.05) is 19.6 Å². The molecule has 1 N–H and O–H groups in total. The Balaban J connectivity index is 2.32. The number of hydrogen-bond acceptors (Lipinski definition) is 2. The fourth-order valence-corrected chi connectivity index (χ4v) is 2.70. The van der Waals surface area contributed by atoms with Crippen molar-refractivity contribution in [2.45, 2.75) is 39.0 Å². The van der Waals surface area contributed by atoms with E-state index in [1.165, 1.54) is 45.2 Å². The number of nitrogens with one attached hydrogen (secondary N) is 1. The Morgan fingerprint density at radius 1 is 1.29 bits per heavy atom. The van der Waals surface area contributed by atoms with Crippen molar-refractivity contribution >= 4 is 0 Å². The monoisotopic (exact) mass is 198 g/mol. The summed E-state index contributed by atoms with van der Waals surface area (Å²) in [6, 6.07) is 0. The smallest absolute Gasteiger partial charge is 0.0104 e. The quantitative estimate of drug-likeness (QED) is 0.703. The van der Waals surface area contributed by atoms with Gasteiger partial charge < -0.3 is 10.2 Å². The summed E-state index contributed by atoms with van der Waals surface area (Å²) in [6.07, 6.45) is 7.17. The van der Waals surface area contributed by atoms with Crippen molar-refractivity contribution in [1.29, 1.82) is 0 Å². The number of hydrogen-bond donors (Lipinski definition) is 1. The van der Waals surface area contributed by atoms with E-state index in [0.717, 1.165) is 6.54 Å². The van der Waals surface area contributed by atoms with Gasteiger partial charge >= 0.3 is 0 Å². The van der Waals surface area contributed by atoms with E-state index in [0.29, 0.717) is 5.41 Å². The highest BCUT2D eigenvalue weighted by Gasteiger charge is 2.32. The number of rotatable bonds is 6. The maximum absolute atomic E-state index is 3.21. The first kappa shape index (κ1) is 12.0. The van der Waals surface area contributed by atoms with Crippen molar-refractivity contribution in [3.63, 3.8) is 0 Å². The average Bonchev–Trinajstić information content (AvgIpc) is 2.64. The molecule has 0 amide bonds. The van der Waals surface area contributed by atoms with Gasteiger partial charge in [-0.3, -0.25) is 0 Å². The van der Waals surface area contributed by atoms with E-state index in [-0.39, 0.29) is 0 Å². The Hall–Kier alpha value is -0.0800. The molecule has 0 radical (unpaired) electrons. The third-order valence-electron chi connectivity index (χ3n) is 3.76. The predicted molar refractivity (Wildman–Crippen MR) is 62.6 cm³/mol. The Labute approximate surface area is 89.1 Å². The molecule has 14 heavy (non-hydrogen) atoms. The van der Waals surface area contributed by atoms with Crippen LogP contribution in [-0.4, -0.2) is 38.6 Å². The van der Waals surface area contributed by atoms with Crippen LogP contribution in [0.5, 0.6) is 0 Å². The molecule has 1 aliphatic carbocycles. The second-order valence-corrected chi connectivity index (χ2v) is 4.90. The predicted octanol–water partition coefficient (Wildman–Crippen LogP) is 2.11. The highest BCUT2D eigenvalue weighted by molar-refractivity contribution is 4.85. The summed E-state index contributed by atoms with van der Waals surface area (Å²) in [7, 11) is 4.28. The molecule has 0 saturated heterocycles. The summed E-state index contributed by atoms with van der Waals surface area (Å²) < 4.78 is 0. The fraction of sp³-hybridized carbons (Fsp3) is 1.00. The lowest BCUT2D eigenvalue weighted by molar-refractivity contribution is 0.172. The van der Waals surface area contributed by atoms with Gasteiger partial charge in [-0.05, 0) is 38.8 Å². The van der Waals surface area contributed by atoms with Crippen molar-refractivity contribution in [2.75, 3.05) is 33.7 Å². The Morgan fingerprint density at radius 2 is 1.93 bits per heavy atom. The normalized spacial score (nSPS) is 20.6. The van der Waals surface area contributed by atoms with E-state index in [4.69, 9.17) is 0 Å². The van der Waals surface area contributed by atoms with Crippen molar-refractivity contribution in [2.24, 2.45) is 5.41 Å². The second-order valence-electron chi connectivity index (χ2n) is 4.90. The van der Waals surface area contributed by atoms with E-state index in [1.807, 2.05) is 7.05 Å². The van der Waals surface area contributed by atoms with Gasteiger partial charge in [-0.15, -0.1) is 0 Å². The molecule has 0 bridgehead atoms. The lowest BCUT2D eigenvalue weighted by Crippen LogP contribution is -2.36. The standard InChI is InChI=1S/C12H26N2/c1-4-12(7-5-6-8-12)11-14(3)10-9-13-2/h13H,4-11H2,1-3H3. The molecule has 0 aromatic heterocycles. The molecule has 1 fully saturated rings. The zero-order valence-corrected chi connectivity index (χ0v) is 10.1. The summed E-state index contributed by atoms with van der Waals surface area (Å²) in [4.78, 5) is 2.49. The molecule has 0 aromatic carbocycles. The van der Waals surface area contributed by atoms with Gasteiger partial charge in [-0.1, -0.05) is 19.8 Å². The molecule has 2 nitrogen and oxygen atoms in total. The van der Waals surface area contributed by atoms with Gasteiger partial charge in [-0.25, -0.2) is 0 Å². The number of nitrogens with zero attached hydrogens (tertiary/aromatic N) is 1. The highest BCUT2D eigenvalue weighted by atomic mass is 15.1. The molecule has 1 aliphatic rings. The van der Waals surface area contributed by atoms with Gasteiger partial charge in [0.1, 0.15) is 0 Å². The highest BCUT2D eigenvalue weighted by Crippen LogP contribution is 2.41. The third kappa shape index (κ3) is 3.25. The summed E-state index contributed by atoms with van der Waals surface area (Å²) >= 11 is 0. The van der Waals surface area contributed by atoms with E-state index in [9.17, 15) is 0 Å². The number of likely N-dealkylation sites (N-methyl/N-ethyl adjacent to an activating group) is 2. The molecule has 84 valence electrons. The Bertz CT molecular complexity index is 150. The van der Waals surface area contributed by atoms with Crippen LogP contribution in [0.25, 0.3) is 0 Å². The first-order valence-electron chi connectivity index (χ1n) is 6.05. The lowest BCUT2D eigenvalue weighted by Gasteiger charge is -2.32. The lowest BCUT2D eigenvalue weighted by atomic mass is 9.83. The average molecular weight is 198 g/mol. The SMILES string of the molecule is CCC1(CN(C)CCNC)CCCC1. The topological polar surface area (TPSA) is 15.3 Å². The van der Waals surface area contributed by atoms with Crippen LogP contribution in [0.15, 0.2) is 0 Å².